The van der Waals surface area contributed by atoms with E-state index >= 15 is 0 Å². The molecule has 0 heterocycles. The lowest BCUT2D eigenvalue weighted by Gasteiger charge is -2.09. The fraction of sp³-hybridized carbons (Fsp3) is 0.250. The topological polar surface area (TPSA) is 54.4 Å². The minimum Gasteiger partial charge on any atom is -0.392 e. The molecule has 20 heavy (non-hydrogen) atoms. The lowest BCUT2D eigenvalue weighted by Crippen LogP contribution is -2.07. The smallest absolute Gasteiger partial charge is 0.182 e. The van der Waals surface area contributed by atoms with Gasteiger partial charge in [0, 0.05) is 0 Å². The number of aryl methyl sites for hydroxylation is 2. The van der Waals surface area contributed by atoms with Crippen LogP contribution in [0.15, 0.2) is 47.4 Å². The minimum atomic E-state index is -3.35. The molecule has 0 aliphatic rings. The van der Waals surface area contributed by atoms with Gasteiger partial charge in [0.1, 0.15) is 0 Å². The minimum absolute atomic E-state index is 0.0248. The summed E-state index contributed by atoms with van der Waals surface area (Å²) in [5.41, 5.74) is 3.20. The molecule has 0 atom stereocenters. The summed E-state index contributed by atoms with van der Waals surface area (Å²) < 4.78 is 25.0. The predicted octanol–water partition coefficient (Wildman–Crippen LogP) is 2.77. The molecule has 0 aromatic heterocycles. The van der Waals surface area contributed by atoms with Crippen molar-refractivity contribution in [3.05, 3.63) is 64.7 Å². The Morgan fingerprint density at radius 1 is 0.950 bits per heavy atom. The van der Waals surface area contributed by atoms with Crippen LogP contribution < -0.4 is 0 Å². The van der Waals surface area contributed by atoms with E-state index in [2.05, 4.69) is 0 Å². The molecule has 0 aliphatic heterocycles. The zero-order valence-electron chi connectivity index (χ0n) is 11.6. The fourth-order valence-corrected chi connectivity index (χ4v) is 3.79. The highest BCUT2D eigenvalue weighted by Crippen LogP contribution is 2.21. The highest BCUT2D eigenvalue weighted by Gasteiger charge is 2.17. The van der Waals surface area contributed by atoms with Crippen molar-refractivity contribution in [2.45, 2.75) is 31.1 Å². The van der Waals surface area contributed by atoms with E-state index in [1.807, 2.05) is 19.1 Å². The van der Waals surface area contributed by atoms with Gasteiger partial charge in [0.25, 0.3) is 0 Å². The first kappa shape index (κ1) is 14.8. The van der Waals surface area contributed by atoms with E-state index < -0.39 is 9.84 Å². The Morgan fingerprint density at radius 2 is 1.55 bits per heavy atom. The van der Waals surface area contributed by atoms with E-state index in [1.165, 1.54) is 0 Å². The number of benzene rings is 2. The van der Waals surface area contributed by atoms with Gasteiger partial charge in [0.15, 0.2) is 9.84 Å². The third-order valence-electron chi connectivity index (χ3n) is 3.24. The molecule has 0 bridgehead atoms. The molecule has 3 nitrogen and oxygen atoms in total. The molecule has 0 saturated heterocycles. The molecule has 0 fully saturated rings. The molecule has 0 aliphatic carbocycles. The zero-order valence-corrected chi connectivity index (χ0v) is 12.4. The van der Waals surface area contributed by atoms with Crippen molar-refractivity contribution in [3.63, 3.8) is 0 Å². The van der Waals surface area contributed by atoms with Crippen LogP contribution in [-0.4, -0.2) is 13.5 Å². The summed E-state index contributed by atoms with van der Waals surface area (Å²) >= 11 is 0. The van der Waals surface area contributed by atoms with Crippen LogP contribution in [-0.2, 0) is 22.2 Å². The lowest BCUT2D eigenvalue weighted by atomic mass is 10.2. The largest absolute Gasteiger partial charge is 0.392 e. The molecular weight excluding hydrogens is 272 g/mol. The molecule has 0 amide bonds. The van der Waals surface area contributed by atoms with Gasteiger partial charge in [-0.05, 0) is 42.2 Å². The molecule has 106 valence electrons. The number of aliphatic hydroxyl groups excluding tert-OH is 1. The Hall–Kier alpha value is -1.65. The van der Waals surface area contributed by atoms with Crippen LogP contribution in [0, 0.1) is 13.8 Å². The van der Waals surface area contributed by atoms with Crippen molar-refractivity contribution >= 4 is 9.84 Å². The maximum Gasteiger partial charge on any atom is 0.182 e. The Balaban J connectivity index is 2.32. The van der Waals surface area contributed by atoms with Crippen molar-refractivity contribution in [2.24, 2.45) is 0 Å². The molecule has 0 radical (unpaired) electrons. The molecule has 2 aromatic rings. The van der Waals surface area contributed by atoms with Crippen LogP contribution in [0.2, 0.25) is 0 Å². The van der Waals surface area contributed by atoms with E-state index in [-0.39, 0.29) is 12.4 Å². The van der Waals surface area contributed by atoms with Gasteiger partial charge < -0.3 is 5.11 Å². The summed E-state index contributed by atoms with van der Waals surface area (Å²) in [5, 5.41) is 8.99. The van der Waals surface area contributed by atoms with Gasteiger partial charge in [-0.25, -0.2) is 8.42 Å². The second-order valence-electron chi connectivity index (χ2n) is 5.00. The second-order valence-corrected chi connectivity index (χ2v) is 6.96. The van der Waals surface area contributed by atoms with Crippen molar-refractivity contribution in [1.82, 2.24) is 0 Å². The SMILES string of the molecule is Cc1ccc(C)c(S(=O)(=O)Cc2ccc(CO)cc2)c1. The summed E-state index contributed by atoms with van der Waals surface area (Å²) in [6.45, 7) is 3.65. The Morgan fingerprint density at radius 3 is 2.15 bits per heavy atom. The normalized spacial score (nSPS) is 11.6. The van der Waals surface area contributed by atoms with Crippen molar-refractivity contribution < 1.29 is 13.5 Å². The second kappa shape index (κ2) is 5.77. The zero-order chi connectivity index (χ0) is 14.8. The molecule has 1 N–H and O–H groups in total. The summed E-state index contributed by atoms with van der Waals surface area (Å²) in [6, 6.07) is 12.4. The summed E-state index contributed by atoms with van der Waals surface area (Å²) in [4.78, 5) is 0.392. The third kappa shape index (κ3) is 3.26. The maximum atomic E-state index is 12.5. The monoisotopic (exact) mass is 290 g/mol. The summed E-state index contributed by atoms with van der Waals surface area (Å²) in [7, 11) is -3.35. The fourth-order valence-electron chi connectivity index (χ4n) is 2.08. The summed E-state index contributed by atoms with van der Waals surface area (Å²) in [6.07, 6.45) is 0. The number of rotatable bonds is 4. The van der Waals surface area contributed by atoms with Gasteiger partial charge >= 0.3 is 0 Å². The molecule has 0 spiro atoms. The van der Waals surface area contributed by atoms with Crippen LogP contribution in [0.25, 0.3) is 0 Å². The van der Waals surface area contributed by atoms with Crippen molar-refractivity contribution in [3.8, 4) is 0 Å². The van der Waals surface area contributed by atoms with Gasteiger partial charge in [-0.15, -0.1) is 0 Å². The summed E-state index contributed by atoms with van der Waals surface area (Å²) in [5.74, 6) is -0.0248. The van der Waals surface area contributed by atoms with E-state index in [0.717, 1.165) is 22.3 Å². The highest BCUT2D eigenvalue weighted by atomic mass is 32.2. The number of sulfone groups is 1. The molecule has 2 aromatic carbocycles. The molecule has 0 unspecified atom stereocenters. The van der Waals surface area contributed by atoms with Gasteiger partial charge in [-0.2, -0.15) is 0 Å². The van der Waals surface area contributed by atoms with Gasteiger partial charge in [-0.1, -0.05) is 36.4 Å². The molecule has 0 saturated carbocycles. The predicted molar refractivity (Wildman–Crippen MR) is 79.2 cm³/mol. The van der Waals surface area contributed by atoms with Crippen LogP contribution in [0.5, 0.6) is 0 Å². The first-order valence-corrected chi connectivity index (χ1v) is 8.06. The first-order chi connectivity index (χ1) is 9.42. The van der Waals surface area contributed by atoms with Crippen molar-refractivity contribution in [1.29, 1.82) is 0 Å². The number of hydrogen-bond acceptors (Lipinski definition) is 3. The molecule has 2 rings (SSSR count). The Labute approximate surface area is 119 Å². The first-order valence-electron chi connectivity index (χ1n) is 6.41. The number of aliphatic hydroxyl groups is 1. The third-order valence-corrected chi connectivity index (χ3v) is 5.06. The van der Waals surface area contributed by atoms with Crippen LogP contribution in [0.4, 0.5) is 0 Å². The lowest BCUT2D eigenvalue weighted by molar-refractivity contribution is 0.282. The van der Waals surface area contributed by atoms with Crippen LogP contribution in [0.3, 0.4) is 0 Å². The van der Waals surface area contributed by atoms with Gasteiger partial charge in [-0.3, -0.25) is 0 Å². The van der Waals surface area contributed by atoms with E-state index in [1.54, 1.807) is 37.3 Å². The van der Waals surface area contributed by atoms with E-state index in [0.29, 0.717) is 4.90 Å². The van der Waals surface area contributed by atoms with Crippen LogP contribution >= 0.6 is 0 Å². The Kier molecular flexibility index (Phi) is 4.26. The highest BCUT2D eigenvalue weighted by molar-refractivity contribution is 7.90. The Bertz CT molecular complexity index is 701. The molecular formula is C16H18O3S. The molecule has 4 heteroatoms. The average molecular weight is 290 g/mol. The quantitative estimate of drug-likeness (QED) is 0.942. The van der Waals surface area contributed by atoms with Crippen LogP contribution in [0.1, 0.15) is 22.3 Å². The van der Waals surface area contributed by atoms with Gasteiger partial charge in [0.05, 0.1) is 17.3 Å². The number of hydrogen-bond donors (Lipinski definition) is 1. The average Bonchev–Trinajstić information content (AvgIpc) is 2.42. The van der Waals surface area contributed by atoms with E-state index in [4.69, 9.17) is 5.11 Å². The van der Waals surface area contributed by atoms with Crippen molar-refractivity contribution in [2.75, 3.05) is 0 Å². The van der Waals surface area contributed by atoms with Gasteiger partial charge in [0.2, 0.25) is 0 Å². The van der Waals surface area contributed by atoms with E-state index in [9.17, 15) is 8.42 Å². The standard InChI is InChI=1S/C16H18O3S/c1-12-3-4-13(2)16(9-12)20(18,19)11-15-7-5-14(10-17)6-8-15/h3-9,17H,10-11H2,1-2H3. The maximum absolute atomic E-state index is 12.5.